The van der Waals surface area contributed by atoms with Crippen LogP contribution in [0.5, 0.6) is 0 Å². The normalized spacial score (nSPS) is 13.1. The van der Waals surface area contributed by atoms with Crippen LogP contribution in [0.2, 0.25) is 0 Å². The van der Waals surface area contributed by atoms with Crippen LogP contribution in [-0.4, -0.2) is 13.1 Å². The number of thiophene rings is 1. The molecule has 0 aliphatic carbocycles. The molecule has 0 bridgehead atoms. The third-order valence-corrected chi connectivity index (χ3v) is 2.82. The molecule has 1 heterocycles. The highest BCUT2D eigenvalue weighted by atomic mass is 32.1. The van der Waals surface area contributed by atoms with Crippen molar-refractivity contribution in [3.63, 3.8) is 0 Å². The van der Waals surface area contributed by atoms with Crippen LogP contribution in [0.3, 0.4) is 0 Å². The van der Waals surface area contributed by atoms with Crippen molar-refractivity contribution in [2.24, 2.45) is 5.92 Å². The number of hydrogen-bond donors (Lipinski definition) is 1. The van der Waals surface area contributed by atoms with E-state index in [-0.39, 0.29) is 0 Å². The summed E-state index contributed by atoms with van der Waals surface area (Å²) in [5, 5.41) is 7.85. The Morgan fingerprint density at radius 3 is 3.00 bits per heavy atom. The van der Waals surface area contributed by atoms with Crippen LogP contribution in [-0.2, 0) is 6.42 Å². The minimum Gasteiger partial charge on any atom is -0.316 e. The molecule has 1 nitrogen and oxygen atoms in total. The van der Waals surface area contributed by atoms with Gasteiger partial charge in [0.25, 0.3) is 0 Å². The molecule has 0 radical (unpaired) electrons. The molecule has 74 valence electrons. The van der Waals surface area contributed by atoms with Crippen molar-refractivity contribution in [3.8, 4) is 0 Å². The van der Waals surface area contributed by atoms with Gasteiger partial charge in [-0.1, -0.05) is 13.8 Å². The fourth-order valence-electron chi connectivity index (χ4n) is 1.41. The third kappa shape index (κ3) is 4.44. The van der Waals surface area contributed by atoms with Gasteiger partial charge in [0.15, 0.2) is 0 Å². The van der Waals surface area contributed by atoms with E-state index < -0.39 is 0 Å². The second kappa shape index (κ2) is 6.17. The van der Waals surface area contributed by atoms with Crippen molar-refractivity contribution in [1.29, 1.82) is 0 Å². The molecule has 0 aliphatic heterocycles. The maximum absolute atomic E-state index is 3.45. The molecular weight excluding hydrogens is 178 g/mol. The second-order valence-corrected chi connectivity index (χ2v) is 4.43. The quantitative estimate of drug-likeness (QED) is 0.691. The zero-order valence-corrected chi connectivity index (χ0v) is 9.36. The lowest BCUT2D eigenvalue weighted by molar-refractivity contribution is 0.511. The summed E-state index contributed by atoms with van der Waals surface area (Å²) in [6.45, 7) is 6.80. The maximum atomic E-state index is 3.45. The van der Waals surface area contributed by atoms with Crippen molar-refractivity contribution in [2.75, 3.05) is 13.1 Å². The first kappa shape index (κ1) is 10.7. The average Bonchev–Trinajstić information content (AvgIpc) is 2.57. The molecule has 0 aromatic carbocycles. The highest BCUT2D eigenvalue weighted by Crippen LogP contribution is 2.11. The van der Waals surface area contributed by atoms with Gasteiger partial charge >= 0.3 is 0 Å². The van der Waals surface area contributed by atoms with E-state index in [4.69, 9.17) is 0 Å². The molecule has 0 amide bonds. The predicted octanol–water partition coefficient (Wildman–Crippen LogP) is 2.93. The molecule has 0 saturated carbocycles. The van der Waals surface area contributed by atoms with E-state index in [9.17, 15) is 0 Å². The van der Waals surface area contributed by atoms with E-state index in [0.717, 1.165) is 19.0 Å². The molecule has 0 spiro atoms. The van der Waals surface area contributed by atoms with E-state index in [2.05, 4.69) is 36.0 Å². The van der Waals surface area contributed by atoms with Gasteiger partial charge in [-0.25, -0.2) is 0 Å². The van der Waals surface area contributed by atoms with E-state index in [0.29, 0.717) is 0 Å². The molecule has 0 aliphatic rings. The van der Waals surface area contributed by atoms with Crippen LogP contribution in [0.1, 0.15) is 25.8 Å². The van der Waals surface area contributed by atoms with Crippen LogP contribution in [0, 0.1) is 5.92 Å². The molecule has 1 rings (SSSR count). The fraction of sp³-hybridized carbons (Fsp3) is 0.636. The van der Waals surface area contributed by atoms with Crippen LogP contribution < -0.4 is 5.32 Å². The minimum absolute atomic E-state index is 0.751. The summed E-state index contributed by atoms with van der Waals surface area (Å²) < 4.78 is 0. The van der Waals surface area contributed by atoms with E-state index in [1.807, 2.05) is 0 Å². The summed E-state index contributed by atoms with van der Waals surface area (Å²) in [6.07, 6.45) is 2.44. The lowest BCUT2D eigenvalue weighted by Crippen LogP contribution is -2.22. The first-order chi connectivity index (χ1) is 6.33. The van der Waals surface area contributed by atoms with Gasteiger partial charge in [-0.15, -0.1) is 0 Å². The second-order valence-electron chi connectivity index (χ2n) is 3.65. The summed E-state index contributed by atoms with van der Waals surface area (Å²) in [4.78, 5) is 0. The van der Waals surface area contributed by atoms with E-state index in [1.165, 1.54) is 18.4 Å². The summed E-state index contributed by atoms with van der Waals surface area (Å²) >= 11 is 1.79. The van der Waals surface area contributed by atoms with Gasteiger partial charge in [0.05, 0.1) is 0 Å². The summed E-state index contributed by atoms with van der Waals surface area (Å²) in [5.74, 6) is 0.751. The Bertz CT molecular complexity index is 206. The molecule has 1 aromatic heterocycles. The van der Waals surface area contributed by atoms with Gasteiger partial charge in [0.2, 0.25) is 0 Å². The van der Waals surface area contributed by atoms with Crippen LogP contribution >= 0.6 is 11.3 Å². The van der Waals surface area contributed by atoms with Gasteiger partial charge in [0.1, 0.15) is 0 Å². The molecule has 1 atom stereocenters. The third-order valence-electron chi connectivity index (χ3n) is 2.08. The van der Waals surface area contributed by atoms with Crippen molar-refractivity contribution >= 4 is 11.3 Å². The van der Waals surface area contributed by atoms with Gasteiger partial charge in [0, 0.05) is 0 Å². The average molecular weight is 197 g/mol. The molecule has 0 saturated heterocycles. The Morgan fingerprint density at radius 2 is 2.38 bits per heavy atom. The SMILES string of the molecule is CCCNCC(C)Cc1ccsc1. The smallest absolute Gasteiger partial charge is 0.00200 e. The van der Waals surface area contributed by atoms with E-state index >= 15 is 0 Å². The zero-order valence-electron chi connectivity index (χ0n) is 8.55. The van der Waals surface area contributed by atoms with Gasteiger partial charge in [-0.3, -0.25) is 0 Å². The first-order valence-electron chi connectivity index (χ1n) is 5.04. The Morgan fingerprint density at radius 1 is 1.54 bits per heavy atom. The van der Waals surface area contributed by atoms with Crippen LogP contribution in [0.25, 0.3) is 0 Å². The Balaban J connectivity index is 2.14. The van der Waals surface area contributed by atoms with Crippen molar-refractivity contribution < 1.29 is 0 Å². The summed E-state index contributed by atoms with van der Waals surface area (Å²) in [7, 11) is 0. The Hall–Kier alpha value is -0.340. The van der Waals surface area contributed by atoms with Crippen molar-refractivity contribution in [2.45, 2.75) is 26.7 Å². The molecule has 1 N–H and O–H groups in total. The predicted molar refractivity (Wildman–Crippen MR) is 60.3 cm³/mol. The molecule has 2 heteroatoms. The zero-order chi connectivity index (χ0) is 9.52. The molecule has 1 unspecified atom stereocenters. The number of hydrogen-bond acceptors (Lipinski definition) is 2. The Labute approximate surface area is 85.2 Å². The monoisotopic (exact) mass is 197 g/mol. The lowest BCUT2D eigenvalue weighted by Gasteiger charge is -2.10. The topological polar surface area (TPSA) is 12.0 Å². The lowest BCUT2D eigenvalue weighted by atomic mass is 10.0. The minimum atomic E-state index is 0.751. The highest BCUT2D eigenvalue weighted by Gasteiger charge is 2.02. The van der Waals surface area contributed by atoms with Gasteiger partial charge in [-0.05, 0) is 54.2 Å². The highest BCUT2D eigenvalue weighted by molar-refractivity contribution is 7.07. The van der Waals surface area contributed by atoms with Crippen molar-refractivity contribution in [3.05, 3.63) is 22.4 Å². The summed E-state index contributed by atoms with van der Waals surface area (Å²) in [6, 6.07) is 2.22. The standard InChI is InChI=1S/C11H19NS/c1-3-5-12-8-10(2)7-11-4-6-13-9-11/h4,6,9-10,12H,3,5,7-8H2,1-2H3. The van der Waals surface area contributed by atoms with Crippen molar-refractivity contribution in [1.82, 2.24) is 5.32 Å². The van der Waals surface area contributed by atoms with Crippen LogP contribution in [0.15, 0.2) is 16.8 Å². The van der Waals surface area contributed by atoms with E-state index in [1.54, 1.807) is 11.3 Å². The summed E-state index contributed by atoms with van der Waals surface area (Å²) in [5.41, 5.74) is 1.48. The number of rotatable bonds is 6. The fourth-order valence-corrected chi connectivity index (χ4v) is 2.09. The molecule has 0 fully saturated rings. The van der Waals surface area contributed by atoms with Gasteiger partial charge in [-0.2, -0.15) is 11.3 Å². The Kier molecular flexibility index (Phi) is 5.09. The first-order valence-corrected chi connectivity index (χ1v) is 5.99. The maximum Gasteiger partial charge on any atom is -0.00200 e. The van der Waals surface area contributed by atoms with Gasteiger partial charge < -0.3 is 5.32 Å². The largest absolute Gasteiger partial charge is 0.316 e. The molecule has 1 aromatic rings. The molecule has 13 heavy (non-hydrogen) atoms. The number of nitrogens with one attached hydrogen (secondary N) is 1. The van der Waals surface area contributed by atoms with Crippen LogP contribution in [0.4, 0.5) is 0 Å². The molecular formula is C11H19NS.